The molecule has 2 aromatic rings. The van der Waals surface area contributed by atoms with Gasteiger partial charge in [-0.25, -0.2) is 8.78 Å². The summed E-state index contributed by atoms with van der Waals surface area (Å²) in [6.07, 6.45) is 9.00. The number of hydrogen-bond acceptors (Lipinski definition) is 0. The van der Waals surface area contributed by atoms with Gasteiger partial charge in [0.2, 0.25) is 0 Å². The van der Waals surface area contributed by atoms with Crippen LogP contribution in [0.2, 0.25) is 0 Å². The van der Waals surface area contributed by atoms with Gasteiger partial charge in [0.25, 0.3) is 0 Å². The van der Waals surface area contributed by atoms with Gasteiger partial charge in [0, 0.05) is 0 Å². The van der Waals surface area contributed by atoms with E-state index in [1.807, 2.05) is 6.92 Å². The second kappa shape index (κ2) is 7.08. The van der Waals surface area contributed by atoms with Gasteiger partial charge in [-0.3, -0.25) is 0 Å². The van der Waals surface area contributed by atoms with Gasteiger partial charge in [0.1, 0.15) is 0 Å². The number of hydrogen-bond donors (Lipinski definition) is 0. The third kappa shape index (κ3) is 3.69. The largest absolute Gasteiger partial charge is 0.204 e. The summed E-state index contributed by atoms with van der Waals surface area (Å²) in [4.78, 5) is 0. The summed E-state index contributed by atoms with van der Waals surface area (Å²) in [5.41, 5.74) is 4.56. The summed E-state index contributed by atoms with van der Waals surface area (Å²) in [6.45, 7) is 2.04. The first-order chi connectivity index (χ1) is 11.2. The molecule has 2 aromatic carbocycles. The molecule has 1 unspecified atom stereocenters. The first kappa shape index (κ1) is 15.9. The lowest BCUT2D eigenvalue weighted by atomic mass is 9.80. The molecule has 0 radical (unpaired) electrons. The molecule has 0 aliphatic heterocycles. The zero-order chi connectivity index (χ0) is 16.2. The molecular weight excluding hydrogens is 290 g/mol. The summed E-state index contributed by atoms with van der Waals surface area (Å²) in [5.74, 6) is -1.06. The summed E-state index contributed by atoms with van der Waals surface area (Å²) >= 11 is 0. The molecule has 0 saturated heterocycles. The van der Waals surface area contributed by atoms with Crippen molar-refractivity contribution in [3.63, 3.8) is 0 Å². The third-order valence-electron chi connectivity index (χ3n) is 4.76. The number of aryl methyl sites for hydroxylation is 2. The predicted octanol–water partition coefficient (Wildman–Crippen LogP) is 5.75. The quantitative estimate of drug-likeness (QED) is 0.631. The molecular formula is C21H22F2. The Morgan fingerprint density at radius 1 is 1.04 bits per heavy atom. The molecule has 120 valence electrons. The van der Waals surface area contributed by atoms with E-state index in [2.05, 4.69) is 36.4 Å². The fourth-order valence-corrected chi connectivity index (χ4v) is 3.41. The molecule has 0 fully saturated rings. The number of halogens is 2. The molecule has 0 amide bonds. The molecule has 0 bridgehead atoms. The van der Waals surface area contributed by atoms with Crippen LogP contribution in [-0.4, -0.2) is 0 Å². The Morgan fingerprint density at radius 3 is 2.43 bits per heavy atom. The molecule has 1 atom stereocenters. The van der Waals surface area contributed by atoms with E-state index in [1.54, 1.807) is 0 Å². The second-order valence-corrected chi connectivity index (χ2v) is 6.32. The Balaban J connectivity index is 1.72. The van der Waals surface area contributed by atoms with Crippen LogP contribution in [-0.2, 0) is 19.3 Å². The lowest BCUT2D eigenvalue weighted by molar-refractivity contribution is 0.496. The Bertz CT molecular complexity index is 699. The molecule has 0 spiro atoms. The van der Waals surface area contributed by atoms with Gasteiger partial charge >= 0.3 is 0 Å². The summed E-state index contributed by atoms with van der Waals surface area (Å²) in [6, 6.07) is 11.5. The van der Waals surface area contributed by atoms with Crippen molar-refractivity contribution in [1.29, 1.82) is 0 Å². The van der Waals surface area contributed by atoms with E-state index in [9.17, 15) is 8.78 Å². The van der Waals surface area contributed by atoms with Crippen molar-refractivity contribution >= 4 is 0 Å². The van der Waals surface area contributed by atoms with E-state index in [-0.39, 0.29) is 0 Å². The molecule has 0 saturated carbocycles. The molecule has 23 heavy (non-hydrogen) atoms. The summed E-state index contributed by atoms with van der Waals surface area (Å²) in [5, 5.41) is 0. The molecule has 0 heterocycles. The molecule has 1 aliphatic rings. The fraction of sp³-hybridized carbons (Fsp3) is 0.333. The zero-order valence-electron chi connectivity index (χ0n) is 13.5. The summed E-state index contributed by atoms with van der Waals surface area (Å²) in [7, 11) is 0. The molecule has 2 heteroatoms. The van der Waals surface area contributed by atoms with Gasteiger partial charge in [-0.05, 0) is 79.3 Å². The van der Waals surface area contributed by atoms with Crippen LogP contribution in [0.25, 0.3) is 0 Å². The first-order valence-electron chi connectivity index (χ1n) is 8.34. The highest BCUT2D eigenvalue weighted by molar-refractivity contribution is 5.35. The predicted molar refractivity (Wildman–Crippen MR) is 90.7 cm³/mol. The average Bonchev–Trinajstić information content (AvgIpc) is 2.56. The molecule has 0 N–H and O–H groups in total. The Morgan fingerprint density at radius 2 is 1.74 bits per heavy atom. The van der Waals surface area contributed by atoms with Crippen LogP contribution < -0.4 is 0 Å². The topological polar surface area (TPSA) is 0 Å². The van der Waals surface area contributed by atoms with Gasteiger partial charge in [-0.2, -0.15) is 0 Å². The second-order valence-electron chi connectivity index (χ2n) is 6.32. The average molecular weight is 312 g/mol. The van der Waals surface area contributed by atoms with Crippen LogP contribution >= 0.6 is 0 Å². The van der Waals surface area contributed by atoms with E-state index in [0.29, 0.717) is 5.92 Å². The van der Waals surface area contributed by atoms with Crippen molar-refractivity contribution in [1.82, 2.24) is 0 Å². The maximum Gasteiger partial charge on any atom is 0.159 e. The smallest absolute Gasteiger partial charge is 0.159 e. The first-order valence-corrected chi connectivity index (χ1v) is 8.34. The Labute approximate surface area is 136 Å². The van der Waals surface area contributed by atoms with Crippen molar-refractivity contribution in [2.75, 3.05) is 0 Å². The lowest BCUT2D eigenvalue weighted by Crippen LogP contribution is -2.13. The van der Waals surface area contributed by atoms with Crippen molar-refractivity contribution in [3.8, 4) is 0 Å². The van der Waals surface area contributed by atoms with Crippen LogP contribution in [0.3, 0.4) is 0 Å². The summed E-state index contributed by atoms with van der Waals surface area (Å²) < 4.78 is 26.8. The number of benzene rings is 2. The maximum absolute atomic E-state index is 13.5. The number of allylic oxidation sites excluding steroid dienone is 2. The lowest BCUT2D eigenvalue weighted by Gasteiger charge is -2.25. The van der Waals surface area contributed by atoms with Gasteiger partial charge in [-0.1, -0.05) is 36.4 Å². The van der Waals surface area contributed by atoms with Crippen LogP contribution in [0.4, 0.5) is 8.78 Å². The number of fused-ring (bicyclic) bond motifs is 1. The minimum atomic E-state index is -0.733. The molecule has 0 nitrogen and oxygen atoms in total. The standard InChI is InChI=1S/C21H22F2/c1-2-3-4-5-15-6-8-16(9-7-15)17-10-11-18-13-20(22)21(23)14-19(18)12-17/h2-3,6-9,13-14,17H,4-5,10-12H2,1H3/b3-2+. The zero-order valence-corrected chi connectivity index (χ0v) is 13.5. The van der Waals surface area contributed by atoms with Crippen LogP contribution in [0.5, 0.6) is 0 Å². The van der Waals surface area contributed by atoms with Crippen molar-refractivity contribution in [2.45, 2.75) is 44.9 Å². The molecule has 1 aliphatic carbocycles. The molecule has 0 aromatic heterocycles. The highest BCUT2D eigenvalue weighted by Gasteiger charge is 2.22. The SMILES string of the molecule is C/C=C/CCc1ccc(C2CCc3cc(F)c(F)cc3C2)cc1. The van der Waals surface area contributed by atoms with Gasteiger partial charge in [0.15, 0.2) is 11.6 Å². The van der Waals surface area contributed by atoms with Crippen LogP contribution in [0, 0.1) is 11.6 Å². The van der Waals surface area contributed by atoms with Crippen LogP contribution in [0.1, 0.15) is 47.9 Å². The van der Waals surface area contributed by atoms with E-state index >= 15 is 0 Å². The van der Waals surface area contributed by atoms with Gasteiger partial charge < -0.3 is 0 Å². The van der Waals surface area contributed by atoms with Crippen molar-refractivity contribution < 1.29 is 8.78 Å². The van der Waals surface area contributed by atoms with Gasteiger partial charge in [0.05, 0.1) is 0 Å². The van der Waals surface area contributed by atoms with Crippen LogP contribution in [0.15, 0.2) is 48.6 Å². The van der Waals surface area contributed by atoms with E-state index in [1.165, 1.54) is 23.3 Å². The van der Waals surface area contributed by atoms with Crippen molar-refractivity contribution in [3.05, 3.63) is 82.4 Å². The highest BCUT2D eigenvalue weighted by atomic mass is 19.2. The molecule has 3 rings (SSSR count). The number of rotatable bonds is 4. The van der Waals surface area contributed by atoms with Gasteiger partial charge in [-0.15, -0.1) is 0 Å². The minimum absolute atomic E-state index is 0.400. The Hall–Kier alpha value is -1.96. The van der Waals surface area contributed by atoms with E-state index in [4.69, 9.17) is 0 Å². The maximum atomic E-state index is 13.5. The fourth-order valence-electron chi connectivity index (χ4n) is 3.41. The minimum Gasteiger partial charge on any atom is -0.204 e. The van der Waals surface area contributed by atoms with Crippen molar-refractivity contribution in [2.24, 2.45) is 0 Å². The normalized spacial score (nSPS) is 17.4. The van der Waals surface area contributed by atoms with E-state index < -0.39 is 11.6 Å². The monoisotopic (exact) mass is 312 g/mol. The third-order valence-corrected chi connectivity index (χ3v) is 4.76. The Kier molecular flexibility index (Phi) is 4.90. The highest BCUT2D eigenvalue weighted by Crippen LogP contribution is 2.33. The van der Waals surface area contributed by atoms with E-state index in [0.717, 1.165) is 43.2 Å².